The van der Waals surface area contributed by atoms with Gasteiger partial charge in [0.15, 0.2) is 0 Å². The maximum absolute atomic E-state index is 14.0. The second-order valence-electron chi connectivity index (χ2n) is 6.51. The topological polar surface area (TPSA) is 49.9 Å². The summed E-state index contributed by atoms with van der Waals surface area (Å²) in [5, 5.41) is 0.417. The lowest BCUT2D eigenvalue weighted by atomic mass is 10.1. The van der Waals surface area contributed by atoms with Crippen molar-refractivity contribution >= 4 is 29.2 Å². The highest BCUT2D eigenvalue weighted by molar-refractivity contribution is 6.30. The number of carbonyl (C=O) groups is 2. The molecule has 13 heteroatoms. The second kappa shape index (κ2) is 8.85. The van der Waals surface area contributed by atoms with Gasteiger partial charge in [-0.25, -0.2) is 9.69 Å². The standard InChI is InChI=1S/C19H14ClF7N2O3/c1-28(2)16(31)29(15(30)17(21,22)18(23,24)19(25,26)27)12-5-9-14(10-6-12)32-13-7-3-11(20)4-8-13/h3-10H,1-2H3. The van der Waals surface area contributed by atoms with Crippen LogP contribution < -0.4 is 9.64 Å². The molecule has 0 aliphatic heterocycles. The van der Waals surface area contributed by atoms with Gasteiger partial charge in [-0.05, 0) is 48.5 Å². The smallest absolute Gasteiger partial charge is 0.457 e. The maximum Gasteiger partial charge on any atom is 0.460 e. The Labute approximate surface area is 181 Å². The molecule has 0 heterocycles. The SMILES string of the molecule is CN(C)C(=O)N(C(=O)C(F)(F)C(F)(F)C(F)(F)F)c1ccc(Oc2ccc(Cl)cc2)cc1. The summed E-state index contributed by atoms with van der Waals surface area (Å²) >= 11 is 5.74. The van der Waals surface area contributed by atoms with Crippen molar-refractivity contribution < 1.29 is 45.1 Å². The van der Waals surface area contributed by atoms with Crippen LogP contribution in [0.1, 0.15) is 0 Å². The van der Waals surface area contributed by atoms with Crippen LogP contribution in [-0.2, 0) is 4.79 Å². The van der Waals surface area contributed by atoms with Gasteiger partial charge in [0.05, 0.1) is 5.69 Å². The third-order valence-electron chi connectivity index (χ3n) is 3.94. The predicted octanol–water partition coefficient (Wildman–Crippen LogP) is 5.98. The van der Waals surface area contributed by atoms with Crippen LogP contribution in [0.2, 0.25) is 5.02 Å². The Morgan fingerprint density at radius 1 is 0.812 bits per heavy atom. The van der Waals surface area contributed by atoms with Crippen LogP contribution in [0.4, 0.5) is 41.2 Å². The van der Waals surface area contributed by atoms with Crippen LogP contribution >= 0.6 is 11.6 Å². The van der Waals surface area contributed by atoms with Crippen LogP contribution in [0.5, 0.6) is 11.5 Å². The monoisotopic (exact) mass is 486 g/mol. The van der Waals surface area contributed by atoms with Gasteiger partial charge in [0.1, 0.15) is 11.5 Å². The van der Waals surface area contributed by atoms with Gasteiger partial charge in [-0.2, -0.15) is 30.7 Å². The average molecular weight is 487 g/mol. The summed E-state index contributed by atoms with van der Waals surface area (Å²) in [5.41, 5.74) is -0.685. The molecule has 0 saturated heterocycles. The van der Waals surface area contributed by atoms with Gasteiger partial charge in [-0.3, -0.25) is 4.79 Å². The third kappa shape index (κ3) is 4.90. The molecule has 2 rings (SSSR count). The fraction of sp³-hybridized carbons (Fsp3) is 0.263. The lowest BCUT2D eigenvalue weighted by Crippen LogP contribution is -2.62. The van der Waals surface area contributed by atoms with Crippen LogP contribution in [0, 0.1) is 0 Å². The van der Waals surface area contributed by atoms with Crippen molar-refractivity contribution in [2.24, 2.45) is 0 Å². The van der Waals surface area contributed by atoms with Crippen molar-refractivity contribution in [2.45, 2.75) is 18.0 Å². The molecule has 0 aliphatic rings. The summed E-state index contributed by atoms with van der Waals surface area (Å²) in [6, 6.07) is 8.33. The molecule has 0 saturated carbocycles. The Bertz CT molecular complexity index is 978. The third-order valence-corrected chi connectivity index (χ3v) is 4.19. The molecular weight excluding hydrogens is 473 g/mol. The lowest BCUT2D eigenvalue weighted by Gasteiger charge is -2.32. The largest absolute Gasteiger partial charge is 0.460 e. The van der Waals surface area contributed by atoms with E-state index in [2.05, 4.69) is 0 Å². The number of halogens is 8. The molecule has 0 spiro atoms. The fourth-order valence-corrected chi connectivity index (χ4v) is 2.40. The number of hydrogen-bond acceptors (Lipinski definition) is 3. The number of hydrogen-bond donors (Lipinski definition) is 0. The molecular formula is C19H14ClF7N2O3. The van der Waals surface area contributed by atoms with Crippen molar-refractivity contribution in [3.63, 3.8) is 0 Å². The van der Waals surface area contributed by atoms with Crippen molar-refractivity contribution in [1.82, 2.24) is 4.90 Å². The van der Waals surface area contributed by atoms with E-state index in [1.165, 1.54) is 24.3 Å². The van der Waals surface area contributed by atoms with Crippen molar-refractivity contribution in [2.75, 3.05) is 19.0 Å². The molecule has 0 N–H and O–H groups in total. The average Bonchev–Trinajstić information content (AvgIpc) is 2.69. The zero-order valence-electron chi connectivity index (χ0n) is 16.3. The van der Waals surface area contributed by atoms with Crippen LogP contribution in [0.3, 0.4) is 0 Å². The Kier molecular flexibility index (Phi) is 6.98. The van der Waals surface area contributed by atoms with Crippen LogP contribution in [0.15, 0.2) is 48.5 Å². The summed E-state index contributed by atoms with van der Waals surface area (Å²) in [6.45, 7) is 0. The van der Waals surface area contributed by atoms with Crippen LogP contribution in [0.25, 0.3) is 0 Å². The van der Waals surface area contributed by atoms with E-state index in [1.807, 2.05) is 0 Å². The molecule has 174 valence electrons. The highest BCUT2D eigenvalue weighted by Crippen LogP contribution is 2.47. The van der Waals surface area contributed by atoms with E-state index in [1.54, 1.807) is 0 Å². The van der Waals surface area contributed by atoms with E-state index in [4.69, 9.17) is 16.3 Å². The van der Waals surface area contributed by atoms with Crippen molar-refractivity contribution in [3.05, 3.63) is 53.6 Å². The normalized spacial score (nSPS) is 12.3. The number of ether oxygens (including phenoxy) is 1. The van der Waals surface area contributed by atoms with Crippen molar-refractivity contribution in [3.8, 4) is 11.5 Å². The molecule has 0 radical (unpaired) electrons. The van der Waals surface area contributed by atoms with Gasteiger partial charge >= 0.3 is 30.0 Å². The fourth-order valence-electron chi connectivity index (χ4n) is 2.27. The Morgan fingerprint density at radius 2 is 1.25 bits per heavy atom. The minimum absolute atomic E-state index is 0.0770. The summed E-state index contributed by atoms with van der Waals surface area (Å²) in [5.74, 6) is -15.7. The molecule has 5 nitrogen and oxygen atoms in total. The minimum atomic E-state index is -6.74. The summed E-state index contributed by atoms with van der Waals surface area (Å²) in [6.07, 6.45) is -6.74. The zero-order chi connectivity index (χ0) is 24.5. The van der Waals surface area contributed by atoms with Crippen molar-refractivity contribution in [1.29, 1.82) is 0 Å². The van der Waals surface area contributed by atoms with E-state index in [0.717, 1.165) is 38.4 Å². The molecule has 32 heavy (non-hydrogen) atoms. The Morgan fingerprint density at radius 3 is 1.66 bits per heavy atom. The summed E-state index contributed by atoms with van der Waals surface area (Å²) in [7, 11) is 1.97. The predicted molar refractivity (Wildman–Crippen MR) is 100 cm³/mol. The highest BCUT2D eigenvalue weighted by atomic mass is 35.5. The van der Waals surface area contributed by atoms with Gasteiger partial charge in [-0.15, -0.1) is 0 Å². The summed E-state index contributed by atoms with van der Waals surface area (Å²) in [4.78, 5) is 24.4. The number of amides is 3. The quantitative estimate of drug-likeness (QED) is 0.489. The molecule has 2 aromatic carbocycles. The maximum atomic E-state index is 14.0. The first-order valence-electron chi connectivity index (χ1n) is 8.51. The molecule has 0 fully saturated rings. The number of urea groups is 1. The molecule has 0 aromatic heterocycles. The number of rotatable bonds is 5. The van der Waals surface area contributed by atoms with Crippen LogP contribution in [-0.4, -0.2) is 49.0 Å². The molecule has 2 aromatic rings. The number of nitrogens with zero attached hydrogens (tertiary/aromatic N) is 2. The first-order chi connectivity index (χ1) is 14.6. The number of carbonyl (C=O) groups excluding carboxylic acids is 2. The lowest BCUT2D eigenvalue weighted by molar-refractivity contribution is -0.343. The van der Waals surface area contributed by atoms with E-state index in [-0.39, 0.29) is 5.75 Å². The van der Waals surface area contributed by atoms with E-state index in [9.17, 15) is 40.3 Å². The minimum Gasteiger partial charge on any atom is -0.457 e. The first kappa shape index (κ1) is 25.2. The zero-order valence-corrected chi connectivity index (χ0v) is 17.0. The number of benzene rings is 2. The Hall–Kier alpha value is -3.02. The number of imide groups is 1. The summed E-state index contributed by atoms with van der Waals surface area (Å²) < 4.78 is 97.5. The van der Waals surface area contributed by atoms with E-state index < -0.39 is 40.5 Å². The molecule has 0 unspecified atom stereocenters. The van der Waals surface area contributed by atoms with Gasteiger partial charge in [0, 0.05) is 19.1 Å². The van der Waals surface area contributed by atoms with Gasteiger partial charge < -0.3 is 9.64 Å². The molecule has 3 amide bonds. The molecule has 0 bridgehead atoms. The molecule has 0 aliphatic carbocycles. The van der Waals surface area contributed by atoms with E-state index in [0.29, 0.717) is 15.7 Å². The number of alkyl halides is 7. The van der Waals surface area contributed by atoms with Gasteiger partial charge in [-0.1, -0.05) is 11.6 Å². The van der Waals surface area contributed by atoms with Gasteiger partial charge in [0.2, 0.25) is 0 Å². The highest BCUT2D eigenvalue weighted by Gasteiger charge is 2.77. The molecule has 0 atom stereocenters. The Balaban J connectivity index is 2.42. The second-order valence-corrected chi connectivity index (χ2v) is 6.95. The first-order valence-corrected chi connectivity index (χ1v) is 8.89. The van der Waals surface area contributed by atoms with E-state index >= 15 is 0 Å². The number of anilines is 1. The van der Waals surface area contributed by atoms with Gasteiger partial charge in [0.25, 0.3) is 0 Å².